The standard InChI is InChI=1S/C26H24N2O6S/c1-5-34-25(31)21-15(2)27-26-28(22(21)17-10-12-19(32-3)13-11-17)23(29)20(35-26)14-16-6-8-18(9-7-16)24(30)33-4/h6-14,22H,5H2,1-4H3/t22-/m0/s1. The van der Waals surface area contributed by atoms with Crippen LogP contribution in [0, 0.1) is 0 Å². The minimum Gasteiger partial charge on any atom is -0.497 e. The van der Waals surface area contributed by atoms with Crippen molar-refractivity contribution in [3.63, 3.8) is 0 Å². The fourth-order valence-electron chi connectivity index (χ4n) is 3.88. The van der Waals surface area contributed by atoms with Crippen LogP contribution in [-0.4, -0.2) is 37.3 Å². The van der Waals surface area contributed by atoms with Crippen LogP contribution in [0.4, 0.5) is 0 Å². The van der Waals surface area contributed by atoms with Crippen LogP contribution in [0.25, 0.3) is 6.08 Å². The van der Waals surface area contributed by atoms with Crippen LogP contribution >= 0.6 is 11.3 Å². The molecule has 1 aliphatic heterocycles. The second-order valence-electron chi connectivity index (χ2n) is 7.69. The van der Waals surface area contributed by atoms with Gasteiger partial charge < -0.3 is 14.2 Å². The third kappa shape index (κ3) is 4.67. The molecule has 3 aromatic rings. The summed E-state index contributed by atoms with van der Waals surface area (Å²) in [5, 5.41) is 0. The van der Waals surface area contributed by atoms with Crippen LogP contribution in [0.2, 0.25) is 0 Å². The molecule has 0 fully saturated rings. The summed E-state index contributed by atoms with van der Waals surface area (Å²) in [6.07, 6.45) is 1.74. The number of hydrogen-bond acceptors (Lipinski definition) is 8. The van der Waals surface area contributed by atoms with E-state index in [0.717, 1.165) is 11.1 Å². The minimum atomic E-state index is -0.694. The molecular weight excluding hydrogens is 468 g/mol. The van der Waals surface area contributed by atoms with E-state index >= 15 is 0 Å². The van der Waals surface area contributed by atoms with E-state index in [1.54, 1.807) is 63.4 Å². The summed E-state index contributed by atoms with van der Waals surface area (Å²) in [5.74, 6) is -0.283. The van der Waals surface area contributed by atoms with Crippen LogP contribution in [0.5, 0.6) is 5.75 Å². The molecule has 0 N–H and O–H groups in total. The van der Waals surface area contributed by atoms with Crippen molar-refractivity contribution in [3.05, 3.63) is 96.2 Å². The zero-order valence-corrected chi connectivity index (χ0v) is 20.5. The topological polar surface area (TPSA) is 96.2 Å². The molecule has 4 rings (SSSR count). The van der Waals surface area contributed by atoms with Gasteiger partial charge in [-0.1, -0.05) is 35.6 Å². The van der Waals surface area contributed by atoms with Gasteiger partial charge in [-0.25, -0.2) is 14.6 Å². The van der Waals surface area contributed by atoms with Gasteiger partial charge in [-0.15, -0.1) is 0 Å². The lowest BCUT2D eigenvalue weighted by Gasteiger charge is -2.24. The minimum absolute atomic E-state index is 0.205. The molecule has 0 radical (unpaired) electrons. The van der Waals surface area contributed by atoms with Gasteiger partial charge in [0.2, 0.25) is 0 Å². The average molecular weight is 493 g/mol. The van der Waals surface area contributed by atoms with Gasteiger partial charge in [-0.3, -0.25) is 9.36 Å². The van der Waals surface area contributed by atoms with E-state index in [1.165, 1.54) is 23.0 Å². The Balaban J connectivity index is 1.87. The number of carbonyl (C=O) groups is 2. The van der Waals surface area contributed by atoms with Gasteiger partial charge in [0.05, 0.1) is 48.2 Å². The van der Waals surface area contributed by atoms with Crippen molar-refractivity contribution < 1.29 is 23.8 Å². The second-order valence-corrected chi connectivity index (χ2v) is 8.70. The number of allylic oxidation sites excluding steroid dienone is 1. The highest BCUT2D eigenvalue weighted by Gasteiger charge is 2.33. The van der Waals surface area contributed by atoms with Gasteiger partial charge >= 0.3 is 11.9 Å². The molecule has 2 heterocycles. The zero-order valence-electron chi connectivity index (χ0n) is 19.7. The molecule has 8 nitrogen and oxygen atoms in total. The first-order valence-electron chi connectivity index (χ1n) is 10.9. The molecule has 1 aliphatic rings. The number of thiazole rings is 1. The Kier molecular flexibility index (Phi) is 6.97. The van der Waals surface area contributed by atoms with E-state index in [9.17, 15) is 14.4 Å². The van der Waals surface area contributed by atoms with Crippen LogP contribution in [0.15, 0.2) is 69.6 Å². The lowest BCUT2D eigenvalue weighted by atomic mass is 9.96. The van der Waals surface area contributed by atoms with Crippen LogP contribution in [-0.2, 0) is 14.3 Å². The smallest absolute Gasteiger partial charge is 0.338 e. The van der Waals surface area contributed by atoms with Crippen molar-refractivity contribution in [3.8, 4) is 5.75 Å². The number of benzene rings is 2. The lowest BCUT2D eigenvalue weighted by Crippen LogP contribution is -2.39. The molecule has 0 saturated carbocycles. The van der Waals surface area contributed by atoms with E-state index in [0.29, 0.717) is 31.9 Å². The van der Waals surface area contributed by atoms with E-state index in [-0.39, 0.29) is 12.2 Å². The molecule has 0 spiro atoms. The molecule has 0 bridgehead atoms. The predicted molar refractivity (Wildman–Crippen MR) is 131 cm³/mol. The van der Waals surface area contributed by atoms with Gasteiger partial charge in [0.15, 0.2) is 4.80 Å². The first-order chi connectivity index (χ1) is 16.9. The maximum atomic E-state index is 13.6. The lowest BCUT2D eigenvalue weighted by molar-refractivity contribution is -0.139. The second kappa shape index (κ2) is 10.1. The van der Waals surface area contributed by atoms with Crippen LogP contribution in [0.1, 0.15) is 41.4 Å². The molecule has 35 heavy (non-hydrogen) atoms. The largest absolute Gasteiger partial charge is 0.497 e. The summed E-state index contributed by atoms with van der Waals surface area (Å²) >= 11 is 1.23. The Morgan fingerprint density at radius 2 is 1.74 bits per heavy atom. The molecule has 2 aromatic carbocycles. The van der Waals surface area contributed by atoms with E-state index < -0.39 is 18.0 Å². The fraction of sp³-hybridized carbons (Fsp3) is 0.231. The highest BCUT2D eigenvalue weighted by atomic mass is 32.1. The number of ether oxygens (including phenoxy) is 3. The summed E-state index contributed by atoms with van der Waals surface area (Å²) in [6, 6.07) is 13.3. The van der Waals surface area contributed by atoms with Gasteiger partial charge in [-0.05, 0) is 55.3 Å². The van der Waals surface area contributed by atoms with E-state index in [1.807, 2.05) is 12.1 Å². The van der Waals surface area contributed by atoms with Gasteiger partial charge in [0.1, 0.15) is 5.75 Å². The third-order valence-corrected chi connectivity index (χ3v) is 6.56. The van der Waals surface area contributed by atoms with Crippen molar-refractivity contribution >= 4 is 29.4 Å². The number of aromatic nitrogens is 1. The maximum Gasteiger partial charge on any atom is 0.338 e. The maximum absolute atomic E-state index is 13.6. The average Bonchev–Trinajstić information content (AvgIpc) is 3.17. The van der Waals surface area contributed by atoms with Gasteiger partial charge in [0, 0.05) is 0 Å². The molecule has 0 unspecified atom stereocenters. The number of methoxy groups -OCH3 is 2. The van der Waals surface area contributed by atoms with Crippen molar-refractivity contribution in [1.82, 2.24) is 4.57 Å². The van der Waals surface area contributed by atoms with Gasteiger partial charge in [0.25, 0.3) is 5.56 Å². The predicted octanol–water partition coefficient (Wildman–Crippen LogP) is 2.59. The Morgan fingerprint density at radius 3 is 2.34 bits per heavy atom. The number of carbonyl (C=O) groups excluding carboxylic acids is 2. The van der Waals surface area contributed by atoms with Crippen molar-refractivity contribution in [2.75, 3.05) is 20.8 Å². The van der Waals surface area contributed by atoms with Gasteiger partial charge in [-0.2, -0.15) is 0 Å². The van der Waals surface area contributed by atoms with E-state index in [4.69, 9.17) is 14.2 Å². The summed E-state index contributed by atoms with van der Waals surface area (Å²) in [6.45, 7) is 3.68. The highest BCUT2D eigenvalue weighted by molar-refractivity contribution is 7.07. The number of nitrogens with zero attached hydrogens (tertiary/aromatic N) is 2. The molecule has 1 aromatic heterocycles. The summed E-state index contributed by atoms with van der Waals surface area (Å²) < 4.78 is 17.3. The zero-order chi connectivity index (χ0) is 25.1. The Bertz CT molecular complexity index is 1480. The van der Waals surface area contributed by atoms with E-state index in [2.05, 4.69) is 4.99 Å². The first kappa shape index (κ1) is 24.2. The number of fused-ring (bicyclic) bond motifs is 1. The first-order valence-corrected chi connectivity index (χ1v) is 11.7. The summed E-state index contributed by atoms with van der Waals surface area (Å²) in [7, 11) is 2.90. The molecule has 0 aliphatic carbocycles. The SMILES string of the molecule is CCOC(=O)C1=C(C)N=c2sc(=Cc3ccc(C(=O)OC)cc3)c(=O)n2[C@H]1c1ccc(OC)cc1. The molecule has 1 atom stereocenters. The van der Waals surface area contributed by atoms with Crippen molar-refractivity contribution in [1.29, 1.82) is 0 Å². The normalized spacial score (nSPS) is 15.3. The highest BCUT2D eigenvalue weighted by Crippen LogP contribution is 2.31. The van der Waals surface area contributed by atoms with Crippen LogP contribution in [0.3, 0.4) is 0 Å². The molecule has 9 heteroatoms. The molecular formula is C26H24N2O6S. The number of esters is 2. The van der Waals surface area contributed by atoms with Crippen molar-refractivity contribution in [2.24, 2.45) is 4.99 Å². The van der Waals surface area contributed by atoms with Crippen molar-refractivity contribution in [2.45, 2.75) is 19.9 Å². The Morgan fingerprint density at radius 1 is 1.06 bits per heavy atom. The summed E-state index contributed by atoms with van der Waals surface area (Å²) in [5.41, 5.74) is 2.43. The Labute approximate surface area is 205 Å². The number of hydrogen-bond donors (Lipinski definition) is 0. The summed E-state index contributed by atoms with van der Waals surface area (Å²) in [4.78, 5) is 43.3. The monoisotopic (exact) mass is 492 g/mol. The molecule has 0 saturated heterocycles. The molecule has 180 valence electrons. The van der Waals surface area contributed by atoms with Crippen LogP contribution < -0.4 is 19.6 Å². The third-order valence-electron chi connectivity index (χ3n) is 5.58. The molecule has 0 amide bonds. The fourth-order valence-corrected chi connectivity index (χ4v) is 4.92. The number of rotatable bonds is 6. The quantitative estimate of drug-likeness (QED) is 0.491. The Hall–Kier alpha value is -3.98.